The van der Waals surface area contributed by atoms with Gasteiger partial charge >= 0.3 is 0 Å². The van der Waals surface area contributed by atoms with Gasteiger partial charge in [-0.1, -0.05) is 6.92 Å². The maximum atomic E-state index is 4.67. The molecule has 4 aromatic rings. The van der Waals surface area contributed by atoms with Gasteiger partial charge < -0.3 is 4.40 Å². The largest absolute Gasteiger partial charge is 0.304 e. The Bertz CT molecular complexity index is 1090. The van der Waals surface area contributed by atoms with Gasteiger partial charge in [0, 0.05) is 42.1 Å². The quantitative estimate of drug-likeness (QED) is 0.576. The van der Waals surface area contributed by atoms with E-state index in [1.807, 2.05) is 50.0 Å². The lowest BCUT2D eigenvalue weighted by molar-refractivity contribution is 0.699. The minimum Gasteiger partial charge on any atom is -0.304 e. The van der Waals surface area contributed by atoms with Crippen LogP contribution in [0.2, 0.25) is 0 Å². The first-order valence-electron chi connectivity index (χ1n) is 8.56. The number of aryl methyl sites for hydroxylation is 4. The Labute approximate surface area is 146 Å². The second-order valence-corrected chi connectivity index (χ2v) is 6.81. The van der Waals surface area contributed by atoms with E-state index in [4.69, 9.17) is 0 Å². The number of nitrogens with zero attached hydrogens (tertiary/aromatic N) is 6. The Morgan fingerprint density at radius 1 is 1.00 bits per heavy atom. The van der Waals surface area contributed by atoms with Crippen molar-refractivity contribution < 1.29 is 0 Å². The van der Waals surface area contributed by atoms with E-state index >= 15 is 0 Å². The lowest BCUT2D eigenvalue weighted by atomic mass is 10.0. The van der Waals surface area contributed by atoms with Crippen LogP contribution in [-0.4, -0.2) is 28.7 Å². The Morgan fingerprint density at radius 2 is 1.80 bits per heavy atom. The number of imidazole rings is 2. The summed E-state index contributed by atoms with van der Waals surface area (Å²) >= 11 is 0. The molecule has 6 nitrogen and oxygen atoms in total. The summed E-state index contributed by atoms with van der Waals surface area (Å²) in [6, 6.07) is 0. The number of hydrogen-bond donors (Lipinski definition) is 0. The topological polar surface area (TPSA) is 60.4 Å². The zero-order valence-electron chi connectivity index (χ0n) is 15.3. The van der Waals surface area contributed by atoms with Crippen molar-refractivity contribution in [2.24, 2.45) is 0 Å². The molecule has 0 N–H and O–H groups in total. The van der Waals surface area contributed by atoms with E-state index in [-0.39, 0.29) is 5.92 Å². The molecule has 0 aromatic carbocycles. The third-order valence-corrected chi connectivity index (χ3v) is 4.87. The van der Waals surface area contributed by atoms with Gasteiger partial charge in [-0.3, -0.25) is 14.4 Å². The van der Waals surface area contributed by atoms with Gasteiger partial charge in [-0.2, -0.15) is 0 Å². The highest BCUT2D eigenvalue weighted by molar-refractivity contribution is 5.49. The highest BCUT2D eigenvalue weighted by Gasteiger charge is 2.18. The first-order chi connectivity index (χ1) is 12.0. The first kappa shape index (κ1) is 15.7. The Kier molecular flexibility index (Phi) is 3.56. The molecular weight excluding hydrogens is 312 g/mol. The third kappa shape index (κ3) is 2.49. The van der Waals surface area contributed by atoms with Crippen LogP contribution in [0.1, 0.15) is 47.0 Å². The molecule has 0 bridgehead atoms. The summed E-state index contributed by atoms with van der Waals surface area (Å²) in [7, 11) is 0. The van der Waals surface area contributed by atoms with Crippen molar-refractivity contribution in [1.29, 1.82) is 0 Å². The molecule has 0 fully saturated rings. The molecule has 0 spiro atoms. The van der Waals surface area contributed by atoms with Gasteiger partial charge in [0.25, 0.3) is 0 Å². The molecule has 4 aromatic heterocycles. The molecule has 4 heterocycles. The number of fused-ring (bicyclic) bond motifs is 2. The highest BCUT2D eigenvalue weighted by atomic mass is 15.1. The van der Waals surface area contributed by atoms with E-state index in [1.165, 1.54) is 5.69 Å². The van der Waals surface area contributed by atoms with Crippen LogP contribution in [0.3, 0.4) is 0 Å². The summed E-state index contributed by atoms with van der Waals surface area (Å²) in [5.41, 5.74) is 8.22. The maximum absolute atomic E-state index is 4.67. The molecule has 0 radical (unpaired) electrons. The van der Waals surface area contributed by atoms with E-state index < -0.39 is 0 Å². The van der Waals surface area contributed by atoms with Crippen molar-refractivity contribution >= 4 is 11.3 Å². The standard InChI is InChI=1S/C19H22N6/c1-11(17-19-22-12(2)10-24(19)7-6-20-17)8-16-9-21-14(4)18-23-13(3)15(5)25(16)18/h6-7,9-11H,8H2,1-5H3. The zero-order chi connectivity index (χ0) is 17.7. The molecule has 1 atom stereocenters. The molecule has 128 valence electrons. The van der Waals surface area contributed by atoms with Crippen LogP contribution in [0.25, 0.3) is 11.3 Å². The zero-order valence-corrected chi connectivity index (χ0v) is 15.3. The predicted molar refractivity (Wildman–Crippen MR) is 97.0 cm³/mol. The highest BCUT2D eigenvalue weighted by Crippen LogP contribution is 2.24. The summed E-state index contributed by atoms with van der Waals surface area (Å²) in [6.07, 6.45) is 8.61. The third-order valence-electron chi connectivity index (χ3n) is 4.87. The minimum atomic E-state index is 0.223. The fraction of sp³-hybridized carbons (Fsp3) is 0.368. The van der Waals surface area contributed by atoms with Crippen LogP contribution >= 0.6 is 0 Å². The molecular formula is C19H22N6. The maximum Gasteiger partial charge on any atom is 0.159 e. The van der Waals surface area contributed by atoms with Crippen LogP contribution in [0, 0.1) is 27.7 Å². The lowest BCUT2D eigenvalue weighted by Crippen LogP contribution is -2.09. The average Bonchev–Trinajstić information content (AvgIpc) is 3.10. The average molecular weight is 334 g/mol. The molecule has 25 heavy (non-hydrogen) atoms. The number of rotatable bonds is 3. The van der Waals surface area contributed by atoms with Crippen LogP contribution < -0.4 is 0 Å². The molecule has 0 aliphatic rings. The second-order valence-electron chi connectivity index (χ2n) is 6.81. The summed E-state index contributed by atoms with van der Waals surface area (Å²) < 4.78 is 4.27. The first-order valence-corrected chi connectivity index (χ1v) is 8.56. The molecule has 0 aliphatic heterocycles. The van der Waals surface area contributed by atoms with Crippen molar-refractivity contribution in [3.8, 4) is 0 Å². The normalized spacial score (nSPS) is 13.0. The molecule has 0 saturated carbocycles. The van der Waals surface area contributed by atoms with Crippen molar-refractivity contribution in [2.45, 2.75) is 47.0 Å². The molecule has 0 aliphatic carbocycles. The van der Waals surface area contributed by atoms with E-state index in [1.54, 1.807) is 0 Å². The van der Waals surface area contributed by atoms with E-state index in [2.05, 4.69) is 38.2 Å². The Morgan fingerprint density at radius 3 is 2.60 bits per heavy atom. The summed E-state index contributed by atoms with van der Waals surface area (Å²) in [5.74, 6) is 0.223. The van der Waals surface area contributed by atoms with E-state index in [9.17, 15) is 0 Å². The van der Waals surface area contributed by atoms with E-state index in [0.29, 0.717) is 0 Å². The molecule has 0 saturated heterocycles. The summed E-state index contributed by atoms with van der Waals surface area (Å²) in [6.45, 7) is 10.4. The molecule has 0 amide bonds. The second kappa shape index (κ2) is 5.65. The van der Waals surface area contributed by atoms with Crippen molar-refractivity contribution in [3.63, 3.8) is 0 Å². The number of hydrogen-bond acceptors (Lipinski definition) is 4. The van der Waals surface area contributed by atoms with Gasteiger partial charge in [0.15, 0.2) is 11.3 Å². The van der Waals surface area contributed by atoms with Crippen molar-refractivity contribution in [1.82, 2.24) is 28.7 Å². The van der Waals surface area contributed by atoms with Crippen LogP contribution in [-0.2, 0) is 6.42 Å². The molecule has 4 rings (SSSR count). The van der Waals surface area contributed by atoms with Crippen molar-refractivity contribution in [3.05, 3.63) is 59.0 Å². The Hall–Kier alpha value is -2.76. The van der Waals surface area contributed by atoms with Gasteiger partial charge in [-0.25, -0.2) is 9.97 Å². The fourth-order valence-corrected chi connectivity index (χ4v) is 3.46. The number of aromatic nitrogens is 6. The van der Waals surface area contributed by atoms with Crippen LogP contribution in [0.4, 0.5) is 0 Å². The Balaban J connectivity index is 1.79. The monoisotopic (exact) mass is 334 g/mol. The van der Waals surface area contributed by atoms with Gasteiger partial charge in [0.1, 0.15) is 0 Å². The van der Waals surface area contributed by atoms with Crippen molar-refractivity contribution in [2.75, 3.05) is 0 Å². The minimum absolute atomic E-state index is 0.223. The van der Waals surface area contributed by atoms with Gasteiger partial charge in [-0.15, -0.1) is 0 Å². The lowest BCUT2D eigenvalue weighted by Gasteiger charge is -2.14. The smallest absolute Gasteiger partial charge is 0.159 e. The van der Waals surface area contributed by atoms with Crippen LogP contribution in [0.15, 0.2) is 24.8 Å². The SMILES string of the molecule is Cc1cn2ccnc(C(C)Cc3cnc(C)c4nc(C)c(C)n34)c2n1. The fourth-order valence-electron chi connectivity index (χ4n) is 3.46. The van der Waals surface area contributed by atoms with E-state index in [0.717, 1.165) is 46.2 Å². The summed E-state index contributed by atoms with van der Waals surface area (Å²) in [5, 5.41) is 0. The predicted octanol–water partition coefficient (Wildman–Crippen LogP) is 3.35. The van der Waals surface area contributed by atoms with Gasteiger partial charge in [0.05, 0.1) is 22.8 Å². The van der Waals surface area contributed by atoms with Crippen LogP contribution in [0.5, 0.6) is 0 Å². The molecule has 1 unspecified atom stereocenters. The summed E-state index contributed by atoms with van der Waals surface area (Å²) in [4.78, 5) is 18.5. The van der Waals surface area contributed by atoms with Gasteiger partial charge in [0.2, 0.25) is 0 Å². The molecule has 6 heteroatoms. The van der Waals surface area contributed by atoms with Gasteiger partial charge in [-0.05, 0) is 34.1 Å².